The van der Waals surface area contributed by atoms with E-state index in [0.717, 1.165) is 24.3 Å². The van der Waals surface area contributed by atoms with Gasteiger partial charge in [0.15, 0.2) is 5.65 Å². The van der Waals surface area contributed by atoms with Gasteiger partial charge in [-0.3, -0.25) is 10.0 Å². The summed E-state index contributed by atoms with van der Waals surface area (Å²) in [6.07, 6.45) is 1.66. The fraction of sp³-hybridized carbons (Fsp3) is 0.600. The average Bonchev–Trinajstić information content (AvgIpc) is 3.11. The molecule has 0 saturated carbocycles. The number of fused-ring (bicyclic) bond motifs is 1. The van der Waals surface area contributed by atoms with E-state index in [1.165, 1.54) is 4.68 Å². The van der Waals surface area contributed by atoms with E-state index in [2.05, 4.69) is 19.9 Å². The molecule has 0 bridgehead atoms. The number of ether oxygens (including phenoxy) is 2. The van der Waals surface area contributed by atoms with E-state index in [9.17, 15) is 4.79 Å². The lowest BCUT2D eigenvalue weighted by atomic mass is 10.3. The normalized spacial score (nSPS) is 18.3. The maximum Gasteiger partial charge on any atom is 0.265 e. The van der Waals surface area contributed by atoms with Crippen molar-refractivity contribution < 1.29 is 19.5 Å². The number of hydroxylamine groups is 1. The van der Waals surface area contributed by atoms with E-state index >= 15 is 0 Å². The Morgan fingerprint density at radius 2 is 1.73 bits per heavy atom. The van der Waals surface area contributed by atoms with E-state index in [-0.39, 0.29) is 6.54 Å². The van der Waals surface area contributed by atoms with Crippen LogP contribution in [0.3, 0.4) is 0 Å². The molecule has 2 aromatic rings. The first-order valence-electron chi connectivity index (χ1n) is 8.58. The van der Waals surface area contributed by atoms with Gasteiger partial charge in [-0.15, -0.1) is 0 Å². The van der Waals surface area contributed by atoms with Crippen molar-refractivity contribution in [2.24, 2.45) is 0 Å². The van der Waals surface area contributed by atoms with E-state index in [0.29, 0.717) is 51.1 Å². The molecule has 2 aromatic heterocycles. The van der Waals surface area contributed by atoms with Gasteiger partial charge in [-0.1, -0.05) is 0 Å². The first-order chi connectivity index (χ1) is 12.8. The molecule has 1 amide bonds. The van der Waals surface area contributed by atoms with Crippen molar-refractivity contribution >= 4 is 28.7 Å². The van der Waals surface area contributed by atoms with Gasteiger partial charge >= 0.3 is 0 Å². The van der Waals surface area contributed by atoms with Crippen LogP contribution in [0.5, 0.6) is 0 Å². The molecule has 11 heteroatoms. The third-order valence-corrected chi connectivity index (χ3v) is 4.49. The molecule has 2 aliphatic rings. The zero-order chi connectivity index (χ0) is 17.9. The molecule has 2 N–H and O–H groups in total. The number of nitrogens with one attached hydrogen (secondary N) is 1. The topological polar surface area (TPSA) is 118 Å². The molecule has 0 spiro atoms. The number of carbonyl (C=O) groups is 1. The van der Waals surface area contributed by atoms with Crippen molar-refractivity contribution in [3.05, 3.63) is 6.20 Å². The smallest absolute Gasteiger partial charge is 0.265 e. The molecule has 0 radical (unpaired) electrons. The van der Waals surface area contributed by atoms with Crippen molar-refractivity contribution in [3.63, 3.8) is 0 Å². The first-order valence-corrected chi connectivity index (χ1v) is 8.58. The van der Waals surface area contributed by atoms with E-state index < -0.39 is 5.91 Å². The zero-order valence-electron chi connectivity index (χ0n) is 14.3. The van der Waals surface area contributed by atoms with Crippen LogP contribution in [0, 0.1) is 0 Å². The average molecular weight is 363 g/mol. The van der Waals surface area contributed by atoms with Gasteiger partial charge in [0.25, 0.3) is 5.91 Å². The van der Waals surface area contributed by atoms with Crippen LogP contribution < -0.4 is 15.3 Å². The van der Waals surface area contributed by atoms with E-state index in [4.69, 9.17) is 19.7 Å². The molecule has 11 nitrogen and oxygen atoms in total. The molecule has 26 heavy (non-hydrogen) atoms. The Labute approximate surface area is 149 Å². The molecule has 0 aromatic carbocycles. The van der Waals surface area contributed by atoms with Gasteiger partial charge in [0.2, 0.25) is 5.95 Å². The predicted octanol–water partition coefficient (Wildman–Crippen LogP) is -0.995. The Morgan fingerprint density at radius 3 is 2.38 bits per heavy atom. The maximum absolute atomic E-state index is 11.6. The number of morpholine rings is 2. The maximum atomic E-state index is 11.6. The summed E-state index contributed by atoms with van der Waals surface area (Å²) in [4.78, 5) is 25.2. The Morgan fingerprint density at radius 1 is 1.08 bits per heavy atom. The van der Waals surface area contributed by atoms with E-state index in [1.807, 2.05) is 0 Å². The van der Waals surface area contributed by atoms with Crippen LogP contribution >= 0.6 is 0 Å². The molecular formula is C15H21N7O4. The number of hydrogen-bond donors (Lipinski definition) is 2. The third kappa shape index (κ3) is 3.28. The SMILES string of the molecule is O=C(Cn1ncc2c(N3CCOCC3)nc(N3CCOCC3)nc21)NO. The van der Waals surface area contributed by atoms with Crippen LogP contribution in [0.15, 0.2) is 6.20 Å². The minimum atomic E-state index is -0.561. The lowest BCUT2D eigenvalue weighted by Crippen LogP contribution is -2.39. The summed E-state index contributed by atoms with van der Waals surface area (Å²) in [5, 5.41) is 13.8. The Hall–Kier alpha value is -2.50. The molecule has 2 aliphatic heterocycles. The number of nitrogens with zero attached hydrogens (tertiary/aromatic N) is 6. The van der Waals surface area contributed by atoms with Crippen LogP contribution in [-0.2, 0) is 20.8 Å². The quantitative estimate of drug-likeness (QED) is 0.521. The van der Waals surface area contributed by atoms with Crippen molar-refractivity contribution in [1.29, 1.82) is 0 Å². The van der Waals surface area contributed by atoms with Gasteiger partial charge in [0, 0.05) is 26.2 Å². The van der Waals surface area contributed by atoms with Gasteiger partial charge in [0.05, 0.1) is 38.0 Å². The number of amides is 1. The summed E-state index contributed by atoms with van der Waals surface area (Å²) in [6, 6.07) is 0. The summed E-state index contributed by atoms with van der Waals surface area (Å²) >= 11 is 0. The molecule has 0 unspecified atom stereocenters. The number of rotatable bonds is 4. The standard InChI is InChI=1S/C15H21N7O4/c23-12(19-24)10-22-14-11(9-16-22)13(20-1-5-25-6-2-20)17-15(18-14)21-3-7-26-8-4-21/h9,24H,1-8,10H2,(H,19,23). The molecule has 140 valence electrons. The Kier molecular flexibility index (Phi) is 4.82. The Bertz CT molecular complexity index is 784. The molecule has 2 saturated heterocycles. The molecular weight excluding hydrogens is 342 g/mol. The first kappa shape index (κ1) is 16.9. The summed E-state index contributed by atoms with van der Waals surface area (Å²) in [5.41, 5.74) is 2.19. The summed E-state index contributed by atoms with van der Waals surface area (Å²) in [5.74, 6) is 0.818. The lowest BCUT2D eigenvalue weighted by Gasteiger charge is -2.31. The highest BCUT2D eigenvalue weighted by Crippen LogP contribution is 2.27. The fourth-order valence-electron chi connectivity index (χ4n) is 3.14. The number of aromatic nitrogens is 4. The molecule has 4 rings (SSSR count). The predicted molar refractivity (Wildman–Crippen MR) is 91.3 cm³/mol. The minimum absolute atomic E-state index is 0.123. The van der Waals surface area contributed by atoms with Crippen LogP contribution in [0.2, 0.25) is 0 Å². The van der Waals surface area contributed by atoms with Crippen molar-refractivity contribution in [1.82, 2.24) is 25.2 Å². The lowest BCUT2D eigenvalue weighted by molar-refractivity contribution is -0.129. The third-order valence-electron chi connectivity index (χ3n) is 4.49. The van der Waals surface area contributed by atoms with Crippen LogP contribution in [-0.4, -0.2) is 83.5 Å². The van der Waals surface area contributed by atoms with Crippen LogP contribution in [0.25, 0.3) is 11.0 Å². The number of carbonyl (C=O) groups excluding carboxylic acids is 1. The van der Waals surface area contributed by atoms with Crippen molar-refractivity contribution in [3.8, 4) is 0 Å². The number of anilines is 2. The largest absolute Gasteiger partial charge is 0.378 e. The fourth-order valence-corrected chi connectivity index (χ4v) is 3.14. The zero-order valence-corrected chi connectivity index (χ0v) is 14.3. The highest BCUT2D eigenvalue weighted by molar-refractivity contribution is 5.89. The van der Waals surface area contributed by atoms with Gasteiger partial charge in [-0.25, -0.2) is 10.2 Å². The molecule has 2 fully saturated rings. The second-order valence-electron chi connectivity index (χ2n) is 6.12. The van der Waals surface area contributed by atoms with Gasteiger partial charge in [0.1, 0.15) is 12.4 Å². The summed E-state index contributed by atoms with van der Waals surface area (Å²) in [6.45, 7) is 5.29. The van der Waals surface area contributed by atoms with Gasteiger partial charge in [-0.2, -0.15) is 15.1 Å². The van der Waals surface area contributed by atoms with Gasteiger partial charge in [-0.05, 0) is 0 Å². The van der Waals surface area contributed by atoms with Crippen LogP contribution in [0.1, 0.15) is 0 Å². The van der Waals surface area contributed by atoms with Crippen molar-refractivity contribution in [2.45, 2.75) is 6.54 Å². The minimum Gasteiger partial charge on any atom is -0.378 e. The van der Waals surface area contributed by atoms with Crippen molar-refractivity contribution in [2.75, 3.05) is 62.4 Å². The van der Waals surface area contributed by atoms with Gasteiger partial charge < -0.3 is 19.3 Å². The highest BCUT2D eigenvalue weighted by atomic mass is 16.5. The second-order valence-corrected chi connectivity index (χ2v) is 6.12. The van der Waals surface area contributed by atoms with E-state index in [1.54, 1.807) is 11.7 Å². The molecule has 4 heterocycles. The monoisotopic (exact) mass is 363 g/mol. The van der Waals surface area contributed by atoms with Crippen LogP contribution in [0.4, 0.5) is 11.8 Å². The highest BCUT2D eigenvalue weighted by Gasteiger charge is 2.23. The second kappa shape index (κ2) is 7.40. The Balaban J connectivity index is 1.77. The molecule has 0 atom stereocenters. The summed E-state index contributed by atoms with van der Waals surface area (Å²) < 4.78 is 12.3. The molecule has 0 aliphatic carbocycles. The number of hydrogen-bond acceptors (Lipinski definition) is 9. The summed E-state index contributed by atoms with van der Waals surface area (Å²) in [7, 11) is 0.